The second-order valence-corrected chi connectivity index (χ2v) is 4.19. The Morgan fingerprint density at radius 2 is 2.14 bits per heavy atom. The van der Waals surface area contributed by atoms with Crippen molar-refractivity contribution in [1.29, 1.82) is 0 Å². The van der Waals surface area contributed by atoms with Crippen LogP contribution in [0.25, 0.3) is 0 Å². The third kappa shape index (κ3) is 1.80. The van der Waals surface area contributed by atoms with E-state index in [1.165, 1.54) is 19.2 Å². The van der Waals surface area contributed by atoms with E-state index in [1.807, 2.05) is 4.68 Å². The molecule has 0 unspecified atom stereocenters. The molecule has 14 heavy (non-hydrogen) atoms. The smallest absolute Gasteiger partial charge is 0.152 e. The van der Waals surface area contributed by atoms with Crippen molar-refractivity contribution in [1.82, 2.24) is 14.8 Å². The lowest BCUT2D eigenvalue weighted by atomic mass is 9.87. The van der Waals surface area contributed by atoms with E-state index in [9.17, 15) is 0 Å². The number of aliphatic hydroxyl groups excluding tert-OH is 1. The first kappa shape index (κ1) is 9.65. The van der Waals surface area contributed by atoms with Crippen LogP contribution in [0.15, 0.2) is 6.33 Å². The summed E-state index contributed by atoms with van der Waals surface area (Å²) in [4.78, 5) is 4.03. The van der Waals surface area contributed by atoms with Gasteiger partial charge in [-0.05, 0) is 31.6 Å². The highest BCUT2D eigenvalue weighted by Crippen LogP contribution is 2.31. The van der Waals surface area contributed by atoms with Crippen LogP contribution in [0.3, 0.4) is 0 Å². The zero-order valence-corrected chi connectivity index (χ0v) is 8.56. The summed E-state index contributed by atoms with van der Waals surface area (Å²) in [6, 6.07) is 0.454. The molecule has 1 aromatic rings. The van der Waals surface area contributed by atoms with Gasteiger partial charge in [0.1, 0.15) is 12.9 Å². The van der Waals surface area contributed by atoms with Crippen LogP contribution in [-0.2, 0) is 6.61 Å². The molecule has 1 heterocycles. The Labute approximate surface area is 84.0 Å². The summed E-state index contributed by atoms with van der Waals surface area (Å²) in [6.45, 7) is 2.29. The van der Waals surface area contributed by atoms with Gasteiger partial charge in [-0.25, -0.2) is 9.67 Å². The van der Waals surface area contributed by atoms with Crippen molar-refractivity contribution in [3.05, 3.63) is 12.2 Å². The van der Waals surface area contributed by atoms with Crippen LogP contribution in [0, 0.1) is 5.92 Å². The van der Waals surface area contributed by atoms with Crippen molar-refractivity contribution in [2.75, 3.05) is 0 Å². The fraction of sp³-hybridized carbons (Fsp3) is 0.800. The van der Waals surface area contributed by atoms with Gasteiger partial charge in [-0.2, -0.15) is 5.10 Å². The molecule has 0 aliphatic heterocycles. The lowest BCUT2D eigenvalue weighted by molar-refractivity contribution is 0.229. The molecule has 0 spiro atoms. The molecule has 0 aromatic carbocycles. The van der Waals surface area contributed by atoms with Crippen molar-refractivity contribution in [2.45, 2.75) is 45.3 Å². The highest BCUT2D eigenvalue weighted by molar-refractivity contribution is 4.86. The van der Waals surface area contributed by atoms with E-state index in [0.29, 0.717) is 11.9 Å². The van der Waals surface area contributed by atoms with Gasteiger partial charge in [-0.15, -0.1) is 0 Å². The van der Waals surface area contributed by atoms with Gasteiger partial charge in [0.25, 0.3) is 0 Å². The number of nitrogens with zero attached hydrogens (tertiary/aromatic N) is 3. The first-order valence-corrected chi connectivity index (χ1v) is 5.30. The normalized spacial score (nSPS) is 27.9. The lowest BCUT2D eigenvalue weighted by Gasteiger charge is -2.26. The van der Waals surface area contributed by atoms with Crippen LogP contribution in [0.5, 0.6) is 0 Å². The number of hydrogen-bond donors (Lipinski definition) is 1. The minimum absolute atomic E-state index is 0.00788. The molecule has 1 aliphatic rings. The average Bonchev–Trinajstić information content (AvgIpc) is 2.67. The van der Waals surface area contributed by atoms with Gasteiger partial charge in [0.15, 0.2) is 5.82 Å². The molecule has 1 aromatic heterocycles. The summed E-state index contributed by atoms with van der Waals surface area (Å²) in [6.07, 6.45) is 6.38. The summed E-state index contributed by atoms with van der Waals surface area (Å²) in [7, 11) is 0. The SMILES string of the molecule is CC1CCC(n2ncnc2CO)CC1. The highest BCUT2D eigenvalue weighted by Gasteiger charge is 2.21. The standard InChI is InChI=1S/C10H17N3O/c1-8-2-4-9(5-3-8)13-10(6-14)11-7-12-13/h7-9,14H,2-6H2,1H3. The second kappa shape index (κ2) is 4.09. The van der Waals surface area contributed by atoms with Gasteiger partial charge >= 0.3 is 0 Å². The van der Waals surface area contributed by atoms with E-state index in [4.69, 9.17) is 5.11 Å². The third-order valence-corrected chi connectivity index (χ3v) is 3.12. The Hall–Kier alpha value is -0.900. The predicted octanol–water partition coefficient (Wildman–Crippen LogP) is 1.52. The van der Waals surface area contributed by atoms with Crippen molar-refractivity contribution < 1.29 is 5.11 Å². The summed E-state index contributed by atoms with van der Waals surface area (Å²) in [5.74, 6) is 1.54. The molecule has 2 rings (SSSR count). The Bertz CT molecular complexity index is 289. The maximum Gasteiger partial charge on any atom is 0.152 e. The van der Waals surface area contributed by atoms with Crippen LogP contribution in [0.4, 0.5) is 0 Å². The van der Waals surface area contributed by atoms with Gasteiger partial charge < -0.3 is 5.11 Å². The minimum atomic E-state index is -0.00788. The molecule has 1 aliphatic carbocycles. The topological polar surface area (TPSA) is 50.9 Å². The lowest BCUT2D eigenvalue weighted by Crippen LogP contribution is -2.19. The summed E-state index contributed by atoms with van der Waals surface area (Å²) in [5, 5.41) is 13.2. The number of hydrogen-bond acceptors (Lipinski definition) is 3. The second-order valence-electron chi connectivity index (χ2n) is 4.19. The summed E-state index contributed by atoms with van der Waals surface area (Å²) >= 11 is 0. The Morgan fingerprint density at radius 3 is 2.79 bits per heavy atom. The summed E-state index contributed by atoms with van der Waals surface area (Å²) in [5.41, 5.74) is 0. The zero-order valence-electron chi connectivity index (χ0n) is 8.56. The molecule has 0 bridgehead atoms. The van der Waals surface area contributed by atoms with Gasteiger partial charge in [0.05, 0.1) is 6.04 Å². The largest absolute Gasteiger partial charge is 0.388 e. The van der Waals surface area contributed by atoms with Crippen LogP contribution >= 0.6 is 0 Å². The van der Waals surface area contributed by atoms with E-state index in [1.54, 1.807) is 0 Å². The van der Waals surface area contributed by atoms with Crippen molar-refractivity contribution in [3.8, 4) is 0 Å². The van der Waals surface area contributed by atoms with E-state index in [2.05, 4.69) is 17.0 Å². The molecule has 1 fully saturated rings. The van der Waals surface area contributed by atoms with Crippen molar-refractivity contribution in [2.24, 2.45) is 5.92 Å². The molecule has 4 heteroatoms. The molecule has 78 valence electrons. The molecule has 4 nitrogen and oxygen atoms in total. The molecule has 0 saturated heterocycles. The summed E-state index contributed by atoms with van der Waals surface area (Å²) < 4.78 is 1.89. The van der Waals surface area contributed by atoms with Crippen LogP contribution in [0.2, 0.25) is 0 Å². The van der Waals surface area contributed by atoms with Gasteiger partial charge in [0.2, 0.25) is 0 Å². The zero-order chi connectivity index (χ0) is 9.97. The van der Waals surface area contributed by atoms with Crippen LogP contribution in [-0.4, -0.2) is 19.9 Å². The Balaban J connectivity index is 2.08. The fourth-order valence-corrected chi connectivity index (χ4v) is 2.18. The monoisotopic (exact) mass is 195 g/mol. The third-order valence-electron chi connectivity index (χ3n) is 3.12. The average molecular weight is 195 g/mol. The Kier molecular flexibility index (Phi) is 2.82. The van der Waals surface area contributed by atoms with Crippen molar-refractivity contribution >= 4 is 0 Å². The van der Waals surface area contributed by atoms with Crippen LogP contribution in [0.1, 0.15) is 44.5 Å². The predicted molar refractivity (Wildman–Crippen MR) is 52.6 cm³/mol. The number of aromatic nitrogens is 3. The van der Waals surface area contributed by atoms with Gasteiger partial charge in [0, 0.05) is 0 Å². The quantitative estimate of drug-likeness (QED) is 0.778. The number of rotatable bonds is 2. The maximum absolute atomic E-state index is 9.07. The number of aliphatic hydroxyl groups is 1. The highest BCUT2D eigenvalue weighted by atomic mass is 16.3. The van der Waals surface area contributed by atoms with Crippen molar-refractivity contribution in [3.63, 3.8) is 0 Å². The fourth-order valence-electron chi connectivity index (χ4n) is 2.18. The molecular formula is C10H17N3O. The van der Waals surface area contributed by atoms with E-state index >= 15 is 0 Å². The molecule has 0 radical (unpaired) electrons. The van der Waals surface area contributed by atoms with Gasteiger partial charge in [-0.1, -0.05) is 6.92 Å². The Morgan fingerprint density at radius 1 is 1.43 bits per heavy atom. The first-order valence-electron chi connectivity index (χ1n) is 5.30. The van der Waals surface area contributed by atoms with E-state index in [0.717, 1.165) is 18.8 Å². The van der Waals surface area contributed by atoms with Gasteiger partial charge in [-0.3, -0.25) is 0 Å². The first-order chi connectivity index (χ1) is 6.81. The molecule has 0 atom stereocenters. The molecular weight excluding hydrogens is 178 g/mol. The molecule has 1 N–H and O–H groups in total. The molecule has 0 amide bonds. The van der Waals surface area contributed by atoms with E-state index in [-0.39, 0.29) is 6.61 Å². The maximum atomic E-state index is 9.07. The van der Waals surface area contributed by atoms with E-state index < -0.39 is 0 Å². The molecule has 1 saturated carbocycles. The minimum Gasteiger partial charge on any atom is -0.388 e. The van der Waals surface area contributed by atoms with Crippen LogP contribution < -0.4 is 0 Å².